The lowest BCUT2D eigenvalue weighted by Gasteiger charge is -2.20. The molecular formula is C14H15NO5. The number of methoxy groups -OCH3 is 1. The van der Waals surface area contributed by atoms with Gasteiger partial charge in [0.15, 0.2) is 6.10 Å². The van der Waals surface area contributed by atoms with Gasteiger partial charge in [-0.3, -0.25) is 9.59 Å². The maximum absolute atomic E-state index is 11.6. The highest BCUT2D eigenvalue weighted by atomic mass is 16.6. The standard InChI is InChI=1S/C14H15NO5/c1-9(14(18)19-3)13(20-10(2)17)11-6-4-5-7-12(11)15-8-16/h4-8,13H,1H2,2-3H3,(H,15,16). The molecule has 1 aromatic rings. The summed E-state index contributed by atoms with van der Waals surface area (Å²) in [6.45, 7) is 4.80. The summed E-state index contributed by atoms with van der Waals surface area (Å²) in [5.41, 5.74) is 0.812. The van der Waals surface area contributed by atoms with Gasteiger partial charge in [0, 0.05) is 18.2 Å². The van der Waals surface area contributed by atoms with Crippen LogP contribution in [-0.2, 0) is 23.9 Å². The molecule has 0 aromatic heterocycles. The van der Waals surface area contributed by atoms with Gasteiger partial charge >= 0.3 is 11.9 Å². The van der Waals surface area contributed by atoms with Crippen molar-refractivity contribution in [2.45, 2.75) is 13.0 Å². The summed E-state index contributed by atoms with van der Waals surface area (Å²) in [7, 11) is 1.20. The predicted octanol–water partition coefficient (Wildman–Crippen LogP) is 1.59. The zero-order valence-electron chi connectivity index (χ0n) is 11.2. The van der Waals surface area contributed by atoms with Gasteiger partial charge in [-0.15, -0.1) is 0 Å². The van der Waals surface area contributed by atoms with Crippen LogP contribution >= 0.6 is 0 Å². The van der Waals surface area contributed by atoms with Gasteiger partial charge in [0.1, 0.15) is 0 Å². The molecule has 0 spiro atoms. The lowest BCUT2D eigenvalue weighted by atomic mass is 10.0. The summed E-state index contributed by atoms with van der Waals surface area (Å²) in [5.74, 6) is -1.28. The maximum Gasteiger partial charge on any atom is 0.337 e. The van der Waals surface area contributed by atoms with Crippen LogP contribution in [-0.4, -0.2) is 25.5 Å². The van der Waals surface area contributed by atoms with Crippen LogP contribution in [0.5, 0.6) is 0 Å². The van der Waals surface area contributed by atoms with Crippen molar-refractivity contribution >= 4 is 24.0 Å². The Balaban J connectivity index is 3.23. The van der Waals surface area contributed by atoms with Crippen LogP contribution in [0.1, 0.15) is 18.6 Å². The molecule has 0 fully saturated rings. The predicted molar refractivity (Wildman–Crippen MR) is 71.8 cm³/mol. The molecular weight excluding hydrogens is 262 g/mol. The van der Waals surface area contributed by atoms with Crippen molar-refractivity contribution in [1.82, 2.24) is 0 Å². The fourth-order valence-electron chi connectivity index (χ4n) is 1.65. The molecule has 0 saturated heterocycles. The van der Waals surface area contributed by atoms with E-state index < -0.39 is 18.0 Å². The molecule has 1 aromatic carbocycles. The van der Waals surface area contributed by atoms with E-state index in [1.807, 2.05) is 0 Å². The Morgan fingerprint density at radius 3 is 2.55 bits per heavy atom. The average molecular weight is 277 g/mol. The molecule has 106 valence electrons. The number of hydrogen-bond donors (Lipinski definition) is 1. The van der Waals surface area contributed by atoms with Crippen molar-refractivity contribution in [2.24, 2.45) is 0 Å². The van der Waals surface area contributed by atoms with Crippen molar-refractivity contribution in [3.05, 3.63) is 42.0 Å². The summed E-state index contributed by atoms with van der Waals surface area (Å²) < 4.78 is 9.69. The van der Waals surface area contributed by atoms with Crippen LogP contribution in [0, 0.1) is 0 Å². The van der Waals surface area contributed by atoms with Crippen molar-refractivity contribution in [3.63, 3.8) is 0 Å². The van der Waals surface area contributed by atoms with Crippen LogP contribution in [0.3, 0.4) is 0 Å². The molecule has 20 heavy (non-hydrogen) atoms. The fraction of sp³-hybridized carbons (Fsp3) is 0.214. The molecule has 6 nitrogen and oxygen atoms in total. The van der Waals surface area contributed by atoms with Crippen LogP contribution in [0.4, 0.5) is 5.69 Å². The van der Waals surface area contributed by atoms with Crippen LogP contribution in [0.15, 0.2) is 36.4 Å². The van der Waals surface area contributed by atoms with Gasteiger partial charge in [-0.25, -0.2) is 4.79 Å². The highest BCUT2D eigenvalue weighted by Gasteiger charge is 2.26. The number of para-hydroxylation sites is 1. The van der Waals surface area contributed by atoms with Gasteiger partial charge in [-0.2, -0.15) is 0 Å². The highest BCUT2D eigenvalue weighted by Crippen LogP contribution is 2.31. The van der Waals surface area contributed by atoms with E-state index in [-0.39, 0.29) is 5.57 Å². The number of amides is 1. The van der Waals surface area contributed by atoms with Gasteiger partial charge in [-0.1, -0.05) is 24.8 Å². The van der Waals surface area contributed by atoms with E-state index in [1.165, 1.54) is 14.0 Å². The third kappa shape index (κ3) is 3.68. The lowest BCUT2D eigenvalue weighted by Crippen LogP contribution is -2.18. The minimum Gasteiger partial charge on any atom is -0.466 e. The van der Waals surface area contributed by atoms with Gasteiger partial charge < -0.3 is 14.8 Å². The second kappa shape index (κ2) is 7.08. The summed E-state index contributed by atoms with van der Waals surface area (Å²) in [4.78, 5) is 33.4. The molecule has 1 atom stereocenters. The van der Waals surface area contributed by atoms with Crippen LogP contribution in [0.2, 0.25) is 0 Å². The highest BCUT2D eigenvalue weighted by molar-refractivity contribution is 5.90. The average Bonchev–Trinajstić information content (AvgIpc) is 2.44. The summed E-state index contributed by atoms with van der Waals surface area (Å²) in [6, 6.07) is 6.62. The summed E-state index contributed by atoms with van der Waals surface area (Å²) in [5, 5.41) is 2.48. The number of carbonyl (C=O) groups is 3. The van der Waals surface area contributed by atoms with Crippen molar-refractivity contribution < 1.29 is 23.9 Å². The fourth-order valence-corrected chi connectivity index (χ4v) is 1.65. The minimum atomic E-state index is -1.02. The Morgan fingerprint density at radius 1 is 1.35 bits per heavy atom. The first-order chi connectivity index (χ1) is 9.51. The molecule has 0 aliphatic rings. The quantitative estimate of drug-likeness (QED) is 0.485. The molecule has 1 unspecified atom stereocenters. The zero-order chi connectivity index (χ0) is 15.1. The van der Waals surface area contributed by atoms with E-state index in [4.69, 9.17) is 4.74 Å². The number of benzene rings is 1. The molecule has 0 saturated carbocycles. The molecule has 6 heteroatoms. The van der Waals surface area contributed by atoms with E-state index in [0.29, 0.717) is 17.7 Å². The van der Waals surface area contributed by atoms with Crippen molar-refractivity contribution in [2.75, 3.05) is 12.4 Å². The second-order valence-electron chi connectivity index (χ2n) is 3.86. The monoisotopic (exact) mass is 277 g/mol. The number of anilines is 1. The minimum absolute atomic E-state index is 0.0390. The smallest absolute Gasteiger partial charge is 0.337 e. The molecule has 0 aliphatic heterocycles. The Labute approximate surface area is 116 Å². The van der Waals surface area contributed by atoms with Gasteiger partial charge in [0.25, 0.3) is 0 Å². The molecule has 0 aliphatic carbocycles. The maximum atomic E-state index is 11.6. The SMILES string of the molecule is C=C(C(=O)OC)C(OC(C)=O)c1ccccc1NC=O. The van der Waals surface area contributed by atoms with Gasteiger partial charge in [-0.05, 0) is 6.07 Å². The number of rotatable bonds is 6. The van der Waals surface area contributed by atoms with E-state index in [9.17, 15) is 14.4 Å². The zero-order valence-corrected chi connectivity index (χ0v) is 11.2. The largest absolute Gasteiger partial charge is 0.466 e. The number of ether oxygens (including phenoxy) is 2. The Kier molecular flexibility index (Phi) is 5.46. The first-order valence-electron chi connectivity index (χ1n) is 5.74. The number of hydrogen-bond acceptors (Lipinski definition) is 5. The first-order valence-corrected chi connectivity index (χ1v) is 5.74. The Hall–Kier alpha value is -2.63. The van der Waals surface area contributed by atoms with Crippen molar-refractivity contribution in [3.8, 4) is 0 Å². The van der Waals surface area contributed by atoms with Gasteiger partial charge in [0.2, 0.25) is 6.41 Å². The van der Waals surface area contributed by atoms with E-state index in [1.54, 1.807) is 24.3 Å². The molecule has 0 bridgehead atoms. The molecule has 1 amide bonds. The van der Waals surface area contributed by atoms with E-state index in [0.717, 1.165) is 0 Å². The second-order valence-corrected chi connectivity index (χ2v) is 3.86. The summed E-state index contributed by atoms with van der Waals surface area (Å²) in [6.07, 6.45) is -0.534. The van der Waals surface area contributed by atoms with Crippen molar-refractivity contribution in [1.29, 1.82) is 0 Å². The first kappa shape index (κ1) is 15.4. The Bertz CT molecular complexity index is 538. The normalized spacial score (nSPS) is 11.1. The third-order valence-corrected chi connectivity index (χ3v) is 2.51. The molecule has 1 rings (SSSR count). The topological polar surface area (TPSA) is 81.7 Å². The van der Waals surface area contributed by atoms with Crippen LogP contribution in [0.25, 0.3) is 0 Å². The third-order valence-electron chi connectivity index (χ3n) is 2.51. The number of carbonyl (C=O) groups excluding carboxylic acids is 3. The number of esters is 2. The van der Waals surface area contributed by atoms with Crippen LogP contribution < -0.4 is 5.32 Å². The van der Waals surface area contributed by atoms with E-state index >= 15 is 0 Å². The summed E-state index contributed by atoms with van der Waals surface area (Å²) >= 11 is 0. The number of nitrogens with one attached hydrogen (secondary N) is 1. The Morgan fingerprint density at radius 2 is 2.00 bits per heavy atom. The molecule has 0 radical (unpaired) electrons. The molecule has 1 N–H and O–H groups in total. The lowest BCUT2D eigenvalue weighted by molar-refractivity contribution is -0.147. The van der Waals surface area contributed by atoms with Gasteiger partial charge in [0.05, 0.1) is 12.7 Å². The molecule has 0 heterocycles. The van der Waals surface area contributed by atoms with E-state index in [2.05, 4.69) is 16.6 Å².